The van der Waals surface area contributed by atoms with E-state index in [1.165, 1.54) is 51.4 Å². The molecule has 2 aromatic heterocycles. The number of ether oxygens (including phenoxy) is 2. The van der Waals surface area contributed by atoms with Gasteiger partial charge in [0.15, 0.2) is 23.5 Å². The molecule has 0 atom stereocenters. The largest absolute Gasteiger partial charge is 0.489 e. The number of carbonyl (C=O) groups is 1. The number of anilines is 3. The van der Waals surface area contributed by atoms with Crippen LogP contribution in [0.4, 0.5) is 17.1 Å². The maximum absolute atomic E-state index is 11.7. The van der Waals surface area contributed by atoms with Gasteiger partial charge >= 0.3 is 0 Å². The number of unbranched alkanes of at least 4 members (excludes halogenated alkanes) is 10. The van der Waals surface area contributed by atoms with Crippen molar-refractivity contribution in [3.63, 3.8) is 0 Å². The summed E-state index contributed by atoms with van der Waals surface area (Å²) in [5.74, 6) is 1.98. The summed E-state index contributed by atoms with van der Waals surface area (Å²) in [6, 6.07) is 32.8. The van der Waals surface area contributed by atoms with Crippen LogP contribution in [-0.2, 0) is 0 Å². The number of hydrogen-bond acceptors (Lipinski definition) is 8. The molecule has 8 heteroatoms. The molecule has 0 N–H and O–H groups in total. The summed E-state index contributed by atoms with van der Waals surface area (Å²) in [7, 11) is 0. The highest BCUT2D eigenvalue weighted by atomic mass is 32.1. The van der Waals surface area contributed by atoms with Gasteiger partial charge in [-0.25, -0.2) is 0 Å². The van der Waals surface area contributed by atoms with Crippen LogP contribution in [0.25, 0.3) is 33.5 Å². The molecule has 4 aromatic carbocycles. The van der Waals surface area contributed by atoms with E-state index in [4.69, 9.17) is 22.6 Å². The van der Waals surface area contributed by atoms with Gasteiger partial charge in [0.1, 0.15) is 16.8 Å². The van der Waals surface area contributed by atoms with Gasteiger partial charge in [-0.2, -0.15) is 8.75 Å². The van der Waals surface area contributed by atoms with E-state index in [9.17, 15) is 4.79 Å². The van der Waals surface area contributed by atoms with Gasteiger partial charge in [-0.3, -0.25) is 4.79 Å². The fourth-order valence-corrected chi connectivity index (χ4v) is 7.33. The summed E-state index contributed by atoms with van der Waals surface area (Å²) in [6.07, 6.45) is 14.5. The molecular formula is C45H51N3O4S. The molecule has 276 valence electrons. The van der Waals surface area contributed by atoms with Crippen LogP contribution in [-0.4, -0.2) is 28.2 Å². The minimum absolute atomic E-state index is 0.244. The van der Waals surface area contributed by atoms with Crippen molar-refractivity contribution in [1.29, 1.82) is 0 Å². The molecule has 0 spiro atoms. The molecule has 0 amide bonds. The molecule has 0 aliphatic rings. The number of aldehydes is 1. The second kappa shape index (κ2) is 19.8. The lowest BCUT2D eigenvalue weighted by molar-refractivity contribution is 0.110. The highest BCUT2D eigenvalue weighted by molar-refractivity contribution is 7.00. The number of nitrogens with zero attached hydrogens (tertiary/aromatic N) is 3. The lowest BCUT2D eigenvalue weighted by Crippen LogP contribution is -2.09. The van der Waals surface area contributed by atoms with Crippen LogP contribution in [0, 0.1) is 0 Å². The van der Waals surface area contributed by atoms with Crippen molar-refractivity contribution in [3.8, 4) is 33.9 Å². The summed E-state index contributed by atoms with van der Waals surface area (Å²) in [4.78, 5) is 14.0. The van der Waals surface area contributed by atoms with E-state index in [-0.39, 0.29) is 5.76 Å². The number of furan rings is 1. The van der Waals surface area contributed by atoms with Gasteiger partial charge in [0.2, 0.25) is 0 Å². The van der Waals surface area contributed by atoms with Crippen molar-refractivity contribution in [3.05, 3.63) is 103 Å². The highest BCUT2D eigenvalue weighted by Gasteiger charge is 2.29. The SMILES string of the molecule is CCCCCCCCOc1c(OCCCCCCCC)c(-c2ccc(C=O)o2)c2nsnc2c1-c1ccc(N(c2ccccc2)c2ccccc2)cc1. The predicted molar refractivity (Wildman–Crippen MR) is 218 cm³/mol. The molecule has 0 fully saturated rings. The van der Waals surface area contributed by atoms with Crippen molar-refractivity contribution >= 4 is 46.1 Å². The predicted octanol–water partition coefficient (Wildman–Crippen LogP) is 13.4. The van der Waals surface area contributed by atoms with Crippen LogP contribution in [0.3, 0.4) is 0 Å². The lowest BCUT2D eigenvalue weighted by Gasteiger charge is -2.26. The molecule has 0 radical (unpaired) electrons. The summed E-state index contributed by atoms with van der Waals surface area (Å²) < 4.78 is 29.3. The van der Waals surface area contributed by atoms with E-state index in [0.29, 0.717) is 41.6 Å². The second-order valence-corrected chi connectivity index (χ2v) is 14.0. The van der Waals surface area contributed by atoms with E-state index in [1.54, 1.807) is 6.07 Å². The molecule has 6 rings (SSSR count). The van der Waals surface area contributed by atoms with Crippen LogP contribution in [0.1, 0.15) is 101 Å². The Kier molecular flexibility index (Phi) is 14.1. The first-order valence-electron chi connectivity index (χ1n) is 19.4. The minimum atomic E-state index is 0.244. The maximum atomic E-state index is 11.7. The Bertz CT molecular complexity index is 1950. The van der Waals surface area contributed by atoms with E-state index in [2.05, 4.69) is 91.5 Å². The zero-order valence-corrected chi connectivity index (χ0v) is 31.9. The van der Waals surface area contributed by atoms with E-state index >= 15 is 0 Å². The third-order valence-electron chi connectivity index (χ3n) is 9.54. The quantitative estimate of drug-likeness (QED) is 0.0508. The molecule has 0 aliphatic carbocycles. The first kappa shape index (κ1) is 37.8. The molecule has 0 bridgehead atoms. The fraction of sp³-hybridized carbons (Fsp3) is 0.356. The standard InChI is InChI=1S/C45H51N3O4S/c1-3-5-7-9-11-19-31-50-44-40(34-25-27-37(28-26-34)48(35-21-15-13-16-22-35)36-23-17-14-18-24-36)42-43(47-53-46-42)41(39-30-29-38(33-49)52-39)45(44)51-32-20-12-10-8-6-4-2/h13-18,21-30,33H,3-12,19-20,31-32H2,1-2H3. The Morgan fingerprint density at radius 2 is 1.08 bits per heavy atom. The summed E-state index contributed by atoms with van der Waals surface area (Å²) >= 11 is 1.15. The third-order valence-corrected chi connectivity index (χ3v) is 10.1. The zero-order chi connectivity index (χ0) is 36.7. The molecule has 7 nitrogen and oxygen atoms in total. The van der Waals surface area contributed by atoms with E-state index in [1.807, 2.05) is 18.2 Å². The summed E-state index contributed by atoms with van der Waals surface area (Å²) in [6.45, 7) is 5.54. The van der Waals surface area contributed by atoms with Gasteiger partial charge in [0, 0.05) is 17.1 Å². The smallest absolute Gasteiger partial charge is 0.185 e. The fourth-order valence-electron chi connectivity index (χ4n) is 6.77. The monoisotopic (exact) mass is 729 g/mol. The Balaban J connectivity index is 1.43. The molecule has 0 saturated carbocycles. The molecule has 0 aliphatic heterocycles. The number of fused-ring (bicyclic) bond motifs is 1. The Morgan fingerprint density at radius 1 is 0.585 bits per heavy atom. The maximum Gasteiger partial charge on any atom is 0.185 e. The third kappa shape index (κ3) is 9.54. The van der Waals surface area contributed by atoms with Crippen molar-refractivity contribution < 1.29 is 18.7 Å². The van der Waals surface area contributed by atoms with Crippen molar-refractivity contribution in [2.45, 2.75) is 90.9 Å². The van der Waals surface area contributed by atoms with Gasteiger partial charge in [-0.05, 0) is 66.9 Å². The van der Waals surface area contributed by atoms with Gasteiger partial charge in [0.25, 0.3) is 0 Å². The first-order chi connectivity index (χ1) is 26.2. The molecule has 6 aromatic rings. The number of rotatable bonds is 22. The van der Waals surface area contributed by atoms with E-state index in [0.717, 1.165) is 77.4 Å². The molecule has 53 heavy (non-hydrogen) atoms. The van der Waals surface area contributed by atoms with E-state index < -0.39 is 0 Å². The highest BCUT2D eigenvalue weighted by Crippen LogP contribution is 2.51. The molecule has 0 saturated heterocycles. The molecule has 0 unspecified atom stereocenters. The number of aromatic nitrogens is 2. The summed E-state index contributed by atoms with van der Waals surface area (Å²) in [5, 5.41) is 0. The Morgan fingerprint density at radius 3 is 1.60 bits per heavy atom. The minimum Gasteiger partial charge on any atom is -0.489 e. The van der Waals surface area contributed by atoms with Crippen LogP contribution in [0.15, 0.2) is 101 Å². The zero-order valence-electron chi connectivity index (χ0n) is 31.1. The first-order valence-corrected chi connectivity index (χ1v) is 20.1. The van der Waals surface area contributed by atoms with Crippen molar-refractivity contribution in [2.24, 2.45) is 0 Å². The Hall–Kier alpha value is -4.95. The van der Waals surface area contributed by atoms with Crippen LogP contribution in [0.5, 0.6) is 11.5 Å². The average Bonchev–Trinajstić information content (AvgIpc) is 3.89. The topological polar surface area (TPSA) is 77.7 Å². The van der Waals surface area contributed by atoms with Crippen molar-refractivity contribution in [1.82, 2.24) is 8.75 Å². The van der Waals surface area contributed by atoms with Crippen molar-refractivity contribution in [2.75, 3.05) is 18.1 Å². The average molecular weight is 730 g/mol. The van der Waals surface area contributed by atoms with Crippen LogP contribution < -0.4 is 14.4 Å². The van der Waals surface area contributed by atoms with Crippen LogP contribution in [0.2, 0.25) is 0 Å². The number of para-hydroxylation sites is 2. The van der Waals surface area contributed by atoms with Gasteiger partial charge in [-0.15, -0.1) is 0 Å². The molecular weight excluding hydrogens is 679 g/mol. The number of hydrogen-bond donors (Lipinski definition) is 0. The second-order valence-electron chi connectivity index (χ2n) is 13.5. The normalized spacial score (nSPS) is 11.2. The number of benzene rings is 4. The van der Waals surface area contributed by atoms with Gasteiger partial charge in [0.05, 0.1) is 36.1 Å². The van der Waals surface area contributed by atoms with Gasteiger partial charge in [-0.1, -0.05) is 127 Å². The molecule has 2 heterocycles. The number of carbonyl (C=O) groups excluding carboxylic acids is 1. The van der Waals surface area contributed by atoms with Gasteiger partial charge < -0.3 is 18.8 Å². The van der Waals surface area contributed by atoms with Crippen LogP contribution >= 0.6 is 11.7 Å². The lowest BCUT2D eigenvalue weighted by atomic mass is 9.97. The summed E-state index contributed by atoms with van der Waals surface area (Å²) in [5.41, 5.74) is 7.03. The Labute approximate surface area is 318 Å².